The van der Waals surface area contributed by atoms with Gasteiger partial charge in [0.05, 0.1) is 19.3 Å². The molecule has 0 N–H and O–H groups in total. The largest absolute Gasteiger partial charge is 0.491 e. The minimum atomic E-state index is -0.939. The first-order valence-corrected chi connectivity index (χ1v) is 10.1. The fourth-order valence-electron chi connectivity index (χ4n) is 3.56. The average molecular weight is 386 g/mol. The second kappa shape index (κ2) is 9.83. The molecule has 1 aliphatic rings. The summed E-state index contributed by atoms with van der Waals surface area (Å²) in [6, 6.07) is 10.7. The molecule has 2 aromatic carbocycles. The Kier molecular flexibility index (Phi) is 7.21. The third kappa shape index (κ3) is 4.79. The number of rotatable bonds is 7. The third-order valence-electron chi connectivity index (χ3n) is 5.16. The van der Waals surface area contributed by atoms with Gasteiger partial charge in [0.15, 0.2) is 11.6 Å². The summed E-state index contributed by atoms with van der Waals surface area (Å²) >= 11 is 0. The highest BCUT2D eigenvalue weighted by molar-refractivity contribution is 5.65. The summed E-state index contributed by atoms with van der Waals surface area (Å²) in [5.74, 6) is -1.53. The van der Waals surface area contributed by atoms with Crippen molar-refractivity contribution < 1.29 is 18.3 Å². The second-order valence-electron chi connectivity index (χ2n) is 7.16. The first-order chi connectivity index (χ1) is 13.6. The zero-order chi connectivity index (χ0) is 19.9. The van der Waals surface area contributed by atoms with E-state index in [2.05, 4.69) is 19.1 Å². The molecular formula is C24H28F2O2. The molecule has 1 heterocycles. The van der Waals surface area contributed by atoms with Crippen molar-refractivity contribution in [2.75, 3.05) is 13.2 Å². The molecule has 4 heteroatoms. The van der Waals surface area contributed by atoms with Crippen molar-refractivity contribution in [3.8, 4) is 16.9 Å². The van der Waals surface area contributed by atoms with Crippen LogP contribution >= 0.6 is 0 Å². The first-order valence-electron chi connectivity index (χ1n) is 10.1. The lowest BCUT2D eigenvalue weighted by atomic mass is 9.90. The summed E-state index contributed by atoms with van der Waals surface area (Å²) in [5.41, 5.74) is 2.07. The van der Waals surface area contributed by atoms with E-state index in [0.29, 0.717) is 24.7 Å². The van der Waals surface area contributed by atoms with Crippen molar-refractivity contribution in [2.45, 2.75) is 51.6 Å². The highest BCUT2D eigenvalue weighted by Gasteiger charge is 2.22. The van der Waals surface area contributed by atoms with E-state index in [9.17, 15) is 8.78 Å². The zero-order valence-corrected chi connectivity index (χ0v) is 16.6. The predicted octanol–water partition coefficient (Wildman–Crippen LogP) is 6.65. The lowest BCUT2D eigenvalue weighted by molar-refractivity contribution is 0.0326. The highest BCUT2D eigenvalue weighted by atomic mass is 19.2. The van der Waals surface area contributed by atoms with Crippen molar-refractivity contribution in [1.82, 2.24) is 0 Å². The normalized spacial score (nSPS) is 19.9. The lowest BCUT2D eigenvalue weighted by Crippen LogP contribution is -2.23. The second-order valence-corrected chi connectivity index (χ2v) is 7.16. The summed E-state index contributed by atoms with van der Waals surface area (Å²) in [5, 5.41) is 0. The molecule has 2 nitrogen and oxygen atoms in total. The van der Waals surface area contributed by atoms with Gasteiger partial charge in [0.2, 0.25) is 5.82 Å². The van der Waals surface area contributed by atoms with Crippen molar-refractivity contribution in [3.63, 3.8) is 0 Å². The van der Waals surface area contributed by atoms with Gasteiger partial charge in [-0.3, -0.25) is 0 Å². The topological polar surface area (TPSA) is 18.5 Å². The molecule has 0 aromatic heterocycles. The number of halogens is 2. The summed E-state index contributed by atoms with van der Waals surface area (Å²) in [6.07, 6.45) is 8.89. The number of unbranched alkanes of at least 4 members (excludes halogenated alkanes) is 1. The van der Waals surface area contributed by atoms with Gasteiger partial charge in [-0.25, -0.2) is 4.39 Å². The summed E-state index contributed by atoms with van der Waals surface area (Å²) < 4.78 is 39.6. The minimum absolute atomic E-state index is 0.0535. The van der Waals surface area contributed by atoms with Crippen LogP contribution in [-0.2, 0) is 4.74 Å². The van der Waals surface area contributed by atoms with Crippen LogP contribution in [0.4, 0.5) is 8.78 Å². The van der Waals surface area contributed by atoms with E-state index in [1.165, 1.54) is 11.6 Å². The van der Waals surface area contributed by atoms with Crippen LogP contribution in [0.25, 0.3) is 11.1 Å². The number of hydrogen-bond donors (Lipinski definition) is 0. The number of hydrogen-bond acceptors (Lipinski definition) is 2. The molecule has 0 bridgehead atoms. The first kappa shape index (κ1) is 20.5. The molecule has 1 fully saturated rings. The lowest BCUT2D eigenvalue weighted by Gasteiger charge is -2.28. The maximum atomic E-state index is 14.4. The number of allylic oxidation sites excluding steroid dienone is 1. The van der Waals surface area contributed by atoms with E-state index in [-0.39, 0.29) is 17.4 Å². The van der Waals surface area contributed by atoms with Gasteiger partial charge in [-0.15, -0.1) is 0 Å². The Bertz CT molecular complexity index is 791. The van der Waals surface area contributed by atoms with E-state index in [1.54, 1.807) is 13.0 Å². The van der Waals surface area contributed by atoms with Crippen LogP contribution in [0.2, 0.25) is 0 Å². The van der Waals surface area contributed by atoms with Gasteiger partial charge in [0.1, 0.15) is 0 Å². The minimum Gasteiger partial charge on any atom is -0.491 e. The Morgan fingerprint density at radius 1 is 1.04 bits per heavy atom. The highest BCUT2D eigenvalue weighted by Crippen LogP contribution is 2.33. The van der Waals surface area contributed by atoms with Gasteiger partial charge in [-0.1, -0.05) is 49.8 Å². The average Bonchev–Trinajstić information content (AvgIpc) is 2.73. The van der Waals surface area contributed by atoms with E-state index in [0.717, 1.165) is 25.7 Å². The fourth-order valence-corrected chi connectivity index (χ4v) is 3.56. The molecule has 3 rings (SSSR count). The molecule has 0 saturated carbocycles. The Labute approximate surface area is 166 Å². The van der Waals surface area contributed by atoms with Gasteiger partial charge in [-0.05, 0) is 49.4 Å². The predicted molar refractivity (Wildman–Crippen MR) is 109 cm³/mol. The molecule has 0 radical (unpaired) electrons. The summed E-state index contributed by atoms with van der Waals surface area (Å²) in [7, 11) is 0. The maximum Gasteiger partial charge on any atom is 0.201 e. The number of benzene rings is 2. The van der Waals surface area contributed by atoms with Crippen molar-refractivity contribution in [3.05, 3.63) is 65.7 Å². The van der Waals surface area contributed by atoms with E-state index in [1.807, 2.05) is 24.3 Å². The van der Waals surface area contributed by atoms with Crippen LogP contribution in [0.1, 0.15) is 51.0 Å². The molecule has 0 aliphatic carbocycles. The molecule has 0 amide bonds. The van der Waals surface area contributed by atoms with E-state index in [4.69, 9.17) is 9.47 Å². The Hall–Kier alpha value is -2.20. The van der Waals surface area contributed by atoms with Gasteiger partial charge >= 0.3 is 0 Å². The molecule has 2 aromatic rings. The molecule has 0 spiro atoms. The molecule has 150 valence electrons. The van der Waals surface area contributed by atoms with Crippen molar-refractivity contribution in [1.29, 1.82) is 0 Å². The van der Waals surface area contributed by atoms with E-state index >= 15 is 0 Å². The molecule has 1 saturated heterocycles. The molecular weight excluding hydrogens is 358 g/mol. The molecule has 2 unspecified atom stereocenters. The zero-order valence-electron chi connectivity index (χ0n) is 16.6. The molecule has 2 atom stereocenters. The van der Waals surface area contributed by atoms with Crippen LogP contribution in [0.3, 0.4) is 0 Å². The quantitative estimate of drug-likeness (QED) is 0.496. The van der Waals surface area contributed by atoms with Gasteiger partial charge in [-0.2, -0.15) is 4.39 Å². The van der Waals surface area contributed by atoms with Crippen LogP contribution in [0.5, 0.6) is 5.75 Å². The van der Waals surface area contributed by atoms with Gasteiger partial charge < -0.3 is 9.47 Å². The SMILES string of the molecule is CCCC=CC1CCC(c2ccc(-c3ccc(OCC)c(F)c3F)cc2)CO1. The maximum absolute atomic E-state index is 14.4. The van der Waals surface area contributed by atoms with Crippen molar-refractivity contribution in [2.24, 2.45) is 0 Å². The summed E-state index contributed by atoms with van der Waals surface area (Å²) in [4.78, 5) is 0. The third-order valence-corrected chi connectivity index (χ3v) is 5.16. The fraction of sp³-hybridized carbons (Fsp3) is 0.417. The number of ether oxygens (including phenoxy) is 2. The van der Waals surface area contributed by atoms with Crippen LogP contribution in [-0.4, -0.2) is 19.3 Å². The summed E-state index contributed by atoms with van der Waals surface area (Å²) in [6.45, 7) is 4.89. The van der Waals surface area contributed by atoms with Crippen LogP contribution in [0, 0.1) is 11.6 Å². The Morgan fingerprint density at radius 3 is 2.46 bits per heavy atom. The Morgan fingerprint density at radius 2 is 1.82 bits per heavy atom. The van der Waals surface area contributed by atoms with Crippen LogP contribution in [0.15, 0.2) is 48.6 Å². The van der Waals surface area contributed by atoms with Gasteiger partial charge in [0, 0.05) is 11.5 Å². The van der Waals surface area contributed by atoms with E-state index < -0.39 is 11.6 Å². The standard InChI is InChI=1S/C24H28F2O2/c1-3-5-6-7-20-13-12-19(16-28-20)17-8-10-18(11-9-17)21-14-15-22(27-4-2)24(26)23(21)25/h6-11,14-15,19-20H,3-5,12-13,16H2,1-2H3. The molecule has 28 heavy (non-hydrogen) atoms. The van der Waals surface area contributed by atoms with Crippen molar-refractivity contribution >= 4 is 0 Å². The smallest absolute Gasteiger partial charge is 0.201 e. The van der Waals surface area contributed by atoms with Crippen LogP contribution < -0.4 is 4.74 Å². The monoisotopic (exact) mass is 386 g/mol. The molecule has 1 aliphatic heterocycles. The van der Waals surface area contributed by atoms with Gasteiger partial charge in [0.25, 0.3) is 0 Å². The Balaban J connectivity index is 1.67.